The van der Waals surface area contributed by atoms with Crippen molar-refractivity contribution >= 4 is 15.9 Å². The van der Waals surface area contributed by atoms with Crippen LogP contribution in [0.3, 0.4) is 0 Å². The molecule has 1 aliphatic heterocycles. The number of rotatable bonds is 14. The summed E-state index contributed by atoms with van der Waals surface area (Å²) in [6, 6.07) is 15.9. The first-order chi connectivity index (χ1) is 19.8. The summed E-state index contributed by atoms with van der Waals surface area (Å²) in [6.45, 7) is 5.56. The molecule has 1 amide bonds. The number of hydrogen-bond donors (Lipinski definition) is 0. The van der Waals surface area contributed by atoms with E-state index in [2.05, 4.69) is 4.90 Å². The van der Waals surface area contributed by atoms with Crippen LogP contribution in [0.25, 0.3) is 0 Å². The largest absolute Gasteiger partial charge is 0.493 e. The lowest BCUT2D eigenvalue weighted by Gasteiger charge is -2.31. The van der Waals surface area contributed by atoms with Crippen molar-refractivity contribution in [1.82, 2.24) is 14.1 Å². The zero-order valence-electron chi connectivity index (χ0n) is 24.0. The molecule has 0 saturated carbocycles. The standard InChI is InChI=1S/C30H39N3O7S/c1-24-6-9-27(10-7-24)41(35,36)33(15-14-31-16-19-39-20-17-31)23-30(34)32(22-26-5-4-18-40-26)13-12-25-8-11-28(37-2)29(21-25)38-3/h4-11,18,21H,12-17,19-20,22-23H2,1-3H3. The van der Waals surface area contributed by atoms with Gasteiger partial charge in [0.15, 0.2) is 11.5 Å². The Kier molecular flexibility index (Phi) is 10.8. The van der Waals surface area contributed by atoms with Crippen molar-refractivity contribution < 1.29 is 31.8 Å². The predicted octanol–water partition coefficient (Wildman–Crippen LogP) is 3.20. The molecule has 0 spiro atoms. The lowest BCUT2D eigenvalue weighted by atomic mass is 10.1. The minimum Gasteiger partial charge on any atom is -0.493 e. The Labute approximate surface area is 242 Å². The molecule has 2 heterocycles. The molecule has 4 rings (SSSR count). The molecule has 10 nitrogen and oxygen atoms in total. The Morgan fingerprint density at radius 2 is 1.71 bits per heavy atom. The van der Waals surface area contributed by atoms with Crippen LogP contribution in [0.5, 0.6) is 11.5 Å². The van der Waals surface area contributed by atoms with Gasteiger partial charge in [-0.2, -0.15) is 4.31 Å². The third kappa shape index (κ3) is 8.32. The van der Waals surface area contributed by atoms with E-state index >= 15 is 0 Å². The van der Waals surface area contributed by atoms with E-state index in [4.69, 9.17) is 18.6 Å². The average Bonchev–Trinajstić information content (AvgIpc) is 3.51. The SMILES string of the molecule is COc1ccc(CCN(Cc2ccco2)C(=O)CN(CCN2CCOCC2)S(=O)(=O)c2ccc(C)cc2)cc1OC. The van der Waals surface area contributed by atoms with Gasteiger partial charge in [0.25, 0.3) is 0 Å². The number of hydrogen-bond acceptors (Lipinski definition) is 8. The number of amides is 1. The summed E-state index contributed by atoms with van der Waals surface area (Å²) in [5.41, 5.74) is 1.91. The topological polar surface area (TPSA) is 102 Å². The van der Waals surface area contributed by atoms with E-state index in [0.717, 1.165) is 24.2 Å². The van der Waals surface area contributed by atoms with Crippen LogP contribution in [0.2, 0.25) is 0 Å². The highest BCUT2D eigenvalue weighted by Gasteiger charge is 2.29. The van der Waals surface area contributed by atoms with Crippen LogP contribution in [0.15, 0.2) is 70.2 Å². The van der Waals surface area contributed by atoms with Gasteiger partial charge >= 0.3 is 0 Å². The number of sulfonamides is 1. The number of aryl methyl sites for hydroxylation is 1. The summed E-state index contributed by atoms with van der Waals surface area (Å²) in [7, 11) is -0.761. The van der Waals surface area contributed by atoms with Crippen molar-refractivity contribution in [2.24, 2.45) is 0 Å². The maximum atomic E-state index is 13.8. The molecule has 0 radical (unpaired) electrons. The van der Waals surface area contributed by atoms with Crippen LogP contribution in [0.1, 0.15) is 16.9 Å². The number of carbonyl (C=O) groups is 1. The molecule has 0 N–H and O–H groups in total. The van der Waals surface area contributed by atoms with Crippen LogP contribution in [0.4, 0.5) is 0 Å². The highest BCUT2D eigenvalue weighted by molar-refractivity contribution is 7.89. The van der Waals surface area contributed by atoms with Crippen LogP contribution in [-0.4, -0.2) is 95.1 Å². The molecule has 1 aliphatic rings. The summed E-state index contributed by atoms with van der Waals surface area (Å²) < 4.78 is 50.6. The van der Waals surface area contributed by atoms with Crippen molar-refractivity contribution in [2.75, 3.05) is 66.7 Å². The minimum absolute atomic E-state index is 0.167. The Morgan fingerprint density at radius 3 is 2.37 bits per heavy atom. The zero-order chi connectivity index (χ0) is 29.2. The summed E-state index contributed by atoms with van der Waals surface area (Å²) in [5.74, 6) is 1.54. The van der Waals surface area contributed by atoms with E-state index in [0.29, 0.717) is 50.0 Å². The normalized spacial score (nSPS) is 14.2. The first-order valence-corrected chi connectivity index (χ1v) is 15.1. The maximum Gasteiger partial charge on any atom is 0.243 e. The van der Waals surface area contributed by atoms with Gasteiger partial charge in [-0.15, -0.1) is 0 Å². The maximum absolute atomic E-state index is 13.8. The molecular weight excluding hydrogens is 546 g/mol. The molecular formula is C30H39N3O7S. The quantitative estimate of drug-likeness (QED) is 0.284. The van der Waals surface area contributed by atoms with Gasteiger partial charge in [-0.05, 0) is 55.3 Å². The molecule has 1 saturated heterocycles. The van der Waals surface area contributed by atoms with Crippen LogP contribution < -0.4 is 9.47 Å². The third-order valence-corrected chi connectivity index (χ3v) is 9.00. The number of benzene rings is 2. The lowest BCUT2D eigenvalue weighted by Crippen LogP contribution is -2.47. The molecule has 11 heteroatoms. The van der Waals surface area contributed by atoms with Gasteiger partial charge in [-0.25, -0.2) is 8.42 Å². The molecule has 0 aliphatic carbocycles. The van der Waals surface area contributed by atoms with Gasteiger partial charge in [0.2, 0.25) is 15.9 Å². The number of furan rings is 1. The second-order valence-electron chi connectivity index (χ2n) is 9.94. The summed E-state index contributed by atoms with van der Waals surface area (Å²) in [5, 5.41) is 0. The second-order valence-corrected chi connectivity index (χ2v) is 11.9. The summed E-state index contributed by atoms with van der Waals surface area (Å²) in [6.07, 6.45) is 2.09. The zero-order valence-corrected chi connectivity index (χ0v) is 24.8. The van der Waals surface area contributed by atoms with Gasteiger partial charge < -0.3 is 23.5 Å². The van der Waals surface area contributed by atoms with E-state index in [-0.39, 0.29) is 30.4 Å². The Bertz CT molecular complexity index is 1360. The number of nitrogens with zero attached hydrogens (tertiary/aromatic N) is 3. The monoisotopic (exact) mass is 585 g/mol. The fraction of sp³-hybridized carbons (Fsp3) is 0.433. The molecule has 3 aromatic rings. The highest BCUT2D eigenvalue weighted by atomic mass is 32.2. The van der Waals surface area contributed by atoms with Crippen LogP contribution >= 0.6 is 0 Å². The fourth-order valence-electron chi connectivity index (χ4n) is 4.65. The third-order valence-electron chi connectivity index (χ3n) is 7.14. The minimum atomic E-state index is -3.92. The van der Waals surface area contributed by atoms with E-state index in [9.17, 15) is 13.2 Å². The van der Waals surface area contributed by atoms with E-state index in [1.807, 2.05) is 25.1 Å². The highest BCUT2D eigenvalue weighted by Crippen LogP contribution is 2.28. The second kappa shape index (κ2) is 14.5. The lowest BCUT2D eigenvalue weighted by molar-refractivity contribution is -0.132. The van der Waals surface area contributed by atoms with Gasteiger partial charge in [-0.1, -0.05) is 23.8 Å². The van der Waals surface area contributed by atoms with Gasteiger partial charge in [0.05, 0.1) is 51.7 Å². The Balaban J connectivity index is 1.54. The number of carbonyl (C=O) groups excluding carboxylic acids is 1. The van der Waals surface area contributed by atoms with Gasteiger partial charge in [0, 0.05) is 32.7 Å². The molecule has 0 unspecified atom stereocenters. The molecule has 0 atom stereocenters. The molecule has 2 aromatic carbocycles. The van der Waals surface area contributed by atoms with Crippen molar-refractivity contribution in [3.8, 4) is 11.5 Å². The van der Waals surface area contributed by atoms with E-state index in [1.54, 1.807) is 61.8 Å². The van der Waals surface area contributed by atoms with Crippen molar-refractivity contribution in [1.29, 1.82) is 0 Å². The predicted molar refractivity (Wildman–Crippen MR) is 155 cm³/mol. The summed E-state index contributed by atoms with van der Waals surface area (Å²) >= 11 is 0. The average molecular weight is 586 g/mol. The molecule has 1 fully saturated rings. The Hall–Kier alpha value is -3.38. The fourth-order valence-corrected chi connectivity index (χ4v) is 6.04. The number of morpholine rings is 1. The number of methoxy groups -OCH3 is 2. The first-order valence-electron chi connectivity index (χ1n) is 13.7. The van der Waals surface area contributed by atoms with E-state index in [1.165, 1.54) is 4.31 Å². The van der Waals surface area contributed by atoms with E-state index < -0.39 is 10.0 Å². The Morgan fingerprint density at radius 1 is 0.976 bits per heavy atom. The van der Waals surface area contributed by atoms with Crippen molar-refractivity contribution in [3.63, 3.8) is 0 Å². The summed E-state index contributed by atoms with van der Waals surface area (Å²) in [4.78, 5) is 17.8. The van der Waals surface area contributed by atoms with Crippen molar-refractivity contribution in [2.45, 2.75) is 24.8 Å². The van der Waals surface area contributed by atoms with Crippen LogP contribution in [0, 0.1) is 6.92 Å². The number of ether oxygens (including phenoxy) is 3. The first kappa shape index (κ1) is 30.6. The molecule has 1 aromatic heterocycles. The smallest absolute Gasteiger partial charge is 0.243 e. The van der Waals surface area contributed by atoms with Crippen LogP contribution in [-0.2, 0) is 32.5 Å². The molecule has 0 bridgehead atoms. The van der Waals surface area contributed by atoms with Gasteiger partial charge in [0.1, 0.15) is 5.76 Å². The van der Waals surface area contributed by atoms with Crippen molar-refractivity contribution in [3.05, 3.63) is 77.7 Å². The molecule has 41 heavy (non-hydrogen) atoms. The van der Waals surface area contributed by atoms with Gasteiger partial charge in [-0.3, -0.25) is 9.69 Å². The molecule has 222 valence electrons.